The van der Waals surface area contributed by atoms with E-state index in [4.69, 9.17) is 5.11 Å². The molecule has 0 atom stereocenters. The van der Waals surface area contributed by atoms with Crippen LogP contribution in [-0.2, 0) is 0 Å². The predicted molar refractivity (Wildman–Crippen MR) is 55.7 cm³/mol. The Morgan fingerprint density at radius 1 is 1.44 bits per heavy atom. The van der Waals surface area contributed by atoms with Crippen molar-refractivity contribution in [1.82, 2.24) is 9.97 Å². The number of nitrogens with zero attached hydrogens (tertiary/aromatic N) is 1. The molecule has 2 N–H and O–H groups in total. The lowest BCUT2D eigenvalue weighted by Crippen LogP contribution is -1.98. The summed E-state index contributed by atoms with van der Waals surface area (Å²) in [4.78, 5) is 17.1. The van der Waals surface area contributed by atoms with Crippen LogP contribution in [0.3, 0.4) is 0 Å². The highest BCUT2D eigenvalue weighted by atomic mass is 19.1. The van der Waals surface area contributed by atoms with Crippen LogP contribution >= 0.6 is 0 Å². The predicted octanol–water partition coefficient (Wildman–Crippen LogP) is 2.22. The van der Waals surface area contributed by atoms with Crippen LogP contribution in [0.15, 0.2) is 24.3 Å². The second kappa shape index (κ2) is 3.77. The van der Waals surface area contributed by atoms with E-state index >= 15 is 0 Å². The second-order valence-electron chi connectivity index (χ2n) is 3.34. The highest BCUT2D eigenvalue weighted by Gasteiger charge is 2.15. The maximum absolute atomic E-state index is 13.5. The normalized spacial score (nSPS) is 10.4. The van der Waals surface area contributed by atoms with Crippen LogP contribution in [0.1, 0.15) is 16.3 Å². The van der Waals surface area contributed by atoms with Crippen molar-refractivity contribution in [3.05, 3.63) is 41.6 Å². The number of carboxylic acids is 1. The lowest BCUT2D eigenvalue weighted by atomic mass is 10.1. The van der Waals surface area contributed by atoms with Crippen molar-refractivity contribution in [2.75, 3.05) is 0 Å². The molecule has 1 aromatic carbocycles. The molecule has 0 bridgehead atoms. The number of rotatable bonds is 2. The van der Waals surface area contributed by atoms with E-state index in [1.165, 1.54) is 6.07 Å². The van der Waals surface area contributed by atoms with E-state index in [-0.39, 0.29) is 5.82 Å². The summed E-state index contributed by atoms with van der Waals surface area (Å²) in [5.74, 6) is -1.77. The smallest absolute Gasteiger partial charge is 0.371 e. The lowest BCUT2D eigenvalue weighted by molar-refractivity contribution is 0.0684. The largest absolute Gasteiger partial charge is 0.475 e. The van der Waals surface area contributed by atoms with Gasteiger partial charge in [0, 0.05) is 11.3 Å². The van der Waals surface area contributed by atoms with Crippen molar-refractivity contribution >= 4 is 5.97 Å². The van der Waals surface area contributed by atoms with Gasteiger partial charge in [0.2, 0.25) is 5.82 Å². The number of halogens is 1. The average molecular weight is 220 g/mol. The molecule has 2 rings (SSSR count). The number of aryl methyl sites for hydroxylation is 1. The molecule has 0 amide bonds. The highest BCUT2D eigenvalue weighted by molar-refractivity contribution is 5.84. The number of carboxylic acid groups (broad SMARTS) is 1. The first-order chi connectivity index (χ1) is 7.59. The van der Waals surface area contributed by atoms with Gasteiger partial charge in [-0.05, 0) is 19.1 Å². The zero-order chi connectivity index (χ0) is 11.7. The number of hydrogen-bond donors (Lipinski definition) is 2. The zero-order valence-electron chi connectivity index (χ0n) is 8.49. The SMILES string of the molecule is Cc1[nH]c(C(=O)O)nc1-c1ccccc1F. The Hall–Kier alpha value is -2.17. The number of carbonyl (C=O) groups is 1. The molecule has 0 saturated heterocycles. The van der Waals surface area contributed by atoms with Crippen LogP contribution in [0.2, 0.25) is 0 Å². The van der Waals surface area contributed by atoms with Gasteiger partial charge < -0.3 is 10.1 Å². The minimum atomic E-state index is -1.16. The minimum absolute atomic E-state index is 0.184. The summed E-state index contributed by atoms with van der Waals surface area (Å²) in [6.07, 6.45) is 0. The van der Waals surface area contributed by atoms with Gasteiger partial charge in [0.25, 0.3) is 0 Å². The van der Waals surface area contributed by atoms with Gasteiger partial charge in [0.1, 0.15) is 5.82 Å². The maximum atomic E-state index is 13.5. The van der Waals surface area contributed by atoms with Gasteiger partial charge >= 0.3 is 5.97 Å². The van der Waals surface area contributed by atoms with Crippen molar-refractivity contribution < 1.29 is 14.3 Å². The Kier molecular flexibility index (Phi) is 2.44. The van der Waals surface area contributed by atoms with Crippen LogP contribution in [0, 0.1) is 12.7 Å². The summed E-state index contributed by atoms with van der Waals surface area (Å²) >= 11 is 0. The van der Waals surface area contributed by atoms with Gasteiger partial charge in [-0.15, -0.1) is 0 Å². The molecule has 0 radical (unpaired) electrons. The van der Waals surface area contributed by atoms with Gasteiger partial charge in [-0.25, -0.2) is 14.2 Å². The molecule has 0 unspecified atom stereocenters. The number of H-pyrrole nitrogens is 1. The van der Waals surface area contributed by atoms with Crippen molar-refractivity contribution in [1.29, 1.82) is 0 Å². The third-order valence-electron chi connectivity index (χ3n) is 2.22. The number of imidazole rings is 1. The van der Waals surface area contributed by atoms with Crippen molar-refractivity contribution in [2.24, 2.45) is 0 Å². The van der Waals surface area contributed by atoms with Crippen LogP contribution in [0.4, 0.5) is 4.39 Å². The molecule has 0 aliphatic rings. The van der Waals surface area contributed by atoms with Crippen LogP contribution in [0.25, 0.3) is 11.3 Å². The number of aromatic amines is 1. The Morgan fingerprint density at radius 2 is 2.12 bits per heavy atom. The first-order valence-electron chi connectivity index (χ1n) is 4.64. The van der Waals surface area contributed by atoms with E-state index in [1.54, 1.807) is 25.1 Å². The first-order valence-corrected chi connectivity index (χ1v) is 4.64. The molecule has 0 spiro atoms. The third kappa shape index (κ3) is 1.67. The van der Waals surface area contributed by atoms with Crippen LogP contribution in [0.5, 0.6) is 0 Å². The molecule has 1 aromatic heterocycles. The highest BCUT2D eigenvalue weighted by Crippen LogP contribution is 2.23. The number of aromatic carboxylic acids is 1. The Labute approximate surface area is 90.8 Å². The number of nitrogens with one attached hydrogen (secondary N) is 1. The Bertz CT molecular complexity index is 549. The zero-order valence-corrected chi connectivity index (χ0v) is 8.49. The maximum Gasteiger partial charge on any atom is 0.371 e. The lowest BCUT2D eigenvalue weighted by Gasteiger charge is -1.99. The van der Waals surface area contributed by atoms with Gasteiger partial charge in [0.05, 0.1) is 5.69 Å². The molecule has 0 aliphatic heterocycles. The second-order valence-corrected chi connectivity index (χ2v) is 3.34. The van der Waals surface area contributed by atoms with Crippen LogP contribution < -0.4 is 0 Å². The monoisotopic (exact) mass is 220 g/mol. The van der Waals surface area contributed by atoms with Crippen molar-refractivity contribution in [3.8, 4) is 11.3 Å². The minimum Gasteiger partial charge on any atom is -0.475 e. The molecule has 16 heavy (non-hydrogen) atoms. The van der Waals surface area contributed by atoms with Gasteiger partial charge in [-0.1, -0.05) is 12.1 Å². The number of benzene rings is 1. The Balaban J connectivity index is 2.57. The van der Waals surface area contributed by atoms with E-state index in [1.807, 2.05) is 0 Å². The number of hydrogen-bond acceptors (Lipinski definition) is 2. The quantitative estimate of drug-likeness (QED) is 0.815. The summed E-state index contributed by atoms with van der Waals surface area (Å²) in [6, 6.07) is 6.11. The van der Waals surface area contributed by atoms with Crippen LogP contribution in [-0.4, -0.2) is 21.0 Å². The molecular weight excluding hydrogens is 211 g/mol. The summed E-state index contributed by atoms with van der Waals surface area (Å²) in [7, 11) is 0. The van der Waals surface area contributed by atoms with Gasteiger partial charge in [-0.2, -0.15) is 0 Å². The molecule has 0 aliphatic carbocycles. The molecule has 1 heterocycles. The van der Waals surface area contributed by atoms with Gasteiger partial charge in [0.15, 0.2) is 0 Å². The molecule has 0 saturated carbocycles. The average Bonchev–Trinajstić information content (AvgIpc) is 2.61. The van der Waals surface area contributed by atoms with Crippen molar-refractivity contribution in [2.45, 2.75) is 6.92 Å². The van der Waals surface area contributed by atoms with E-state index in [2.05, 4.69) is 9.97 Å². The summed E-state index contributed by atoms with van der Waals surface area (Å²) in [6.45, 7) is 1.65. The van der Waals surface area contributed by atoms with Crippen molar-refractivity contribution in [3.63, 3.8) is 0 Å². The summed E-state index contributed by atoms with van der Waals surface area (Å²) in [5, 5.41) is 8.75. The molecule has 82 valence electrons. The molecule has 5 heteroatoms. The van der Waals surface area contributed by atoms with E-state index < -0.39 is 11.8 Å². The van der Waals surface area contributed by atoms with E-state index in [9.17, 15) is 9.18 Å². The third-order valence-corrected chi connectivity index (χ3v) is 2.22. The number of aromatic nitrogens is 2. The summed E-state index contributed by atoms with van der Waals surface area (Å²) in [5.41, 5.74) is 1.15. The molecule has 2 aromatic rings. The first kappa shape index (κ1) is 10.4. The fraction of sp³-hybridized carbons (Fsp3) is 0.0909. The van der Waals surface area contributed by atoms with E-state index in [0.717, 1.165) is 0 Å². The van der Waals surface area contributed by atoms with E-state index in [0.29, 0.717) is 17.0 Å². The fourth-order valence-electron chi connectivity index (χ4n) is 1.48. The van der Waals surface area contributed by atoms with Gasteiger partial charge in [-0.3, -0.25) is 0 Å². The molecular formula is C11H9FN2O2. The fourth-order valence-corrected chi connectivity index (χ4v) is 1.48. The standard InChI is InChI=1S/C11H9FN2O2/c1-6-9(14-10(13-6)11(15)16)7-4-2-3-5-8(7)12/h2-5H,1H3,(H,13,14)(H,15,16). The molecule has 0 fully saturated rings. The summed E-state index contributed by atoms with van der Waals surface area (Å²) < 4.78 is 13.5. The topological polar surface area (TPSA) is 66.0 Å². The molecule has 4 nitrogen and oxygen atoms in total. The Morgan fingerprint density at radius 3 is 2.69 bits per heavy atom.